The van der Waals surface area contributed by atoms with Crippen molar-refractivity contribution in [2.24, 2.45) is 0 Å². The molecule has 0 bridgehead atoms. The van der Waals surface area contributed by atoms with Crippen molar-refractivity contribution in [3.8, 4) is 11.8 Å². The van der Waals surface area contributed by atoms with Crippen molar-refractivity contribution in [2.75, 3.05) is 24.7 Å². The van der Waals surface area contributed by atoms with Gasteiger partial charge < -0.3 is 15.4 Å². The van der Waals surface area contributed by atoms with Crippen LogP contribution in [-0.2, 0) is 5.75 Å². The Balaban J connectivity index is 1.66. The smallest absolute Gasteiger partial charge is 0.170 e. The lowest BCUT2D eigenvalue weighted by molar-refractivity contribution is 0.415. The van der Waals surface area contributed by atoms with Crippen LogP contribution >= 0.6 is 24.0 Å². The molecule has 0 aliphatic carbocycles. The molecule has 2 rings (SSSR count). The lowest BCUT2D eigenvalue weighted by Gasteiger charge is -2.11. The van der Waals surface area contributed by atoms with E-state index in [1.807, 2.05) is 48.5 Å². The summed E-state index contributed by atoms with van der Waals surface area (Å²) < 4.78 is 5.12. The first-order valence-corrected chi connectivity index (χ1v) is 9.04. The Morgan fingerprint density at radius 1 is 1.21 bits per heavy atom. The number of thioether (sulfide) groups is 1. The summed E-state index contributed by atoms with van der Waals surface area (Å²) >= 11 is 7.05. The number of hydrogen-bond acceptors (Lipinski definition) is 4. The van der Waals surface area contributed by atoms with E-state index in [4.69, 9.17) is 22.2 Å². The number of benzene rings is 2. The van der Waals surface area contributed by atoms with Crippen LogP contribution < -0.4 is 15.4 Å². The fraction of sp³-hybridized carbons (Fsp3) is 0.222. The lowest BCUT2D eigenvalue weighted by Crippen LogP contribution is -2.30. The second-order valence-corrected chi connectivity index (χ2v) is 6.44. The van der Waals surface area contributed by atoms with Crippen molar-refractivity contribution in [3.05, 3.63) is 59.7 Å². The summed E-state index contributed by atoms with van der Waals surface area (Å²) in [6.45, 7) is 0.765. The molecule has 0 spiro atoms. The molecule has 0 aromatic heterocycles. The third-order valence-electron chi connectivity index (χ3n) is 3.28. The van der Waals surface area contributed by atoms with Gasteiger partial charge in [-0.25, -0.2) is 0 Å². The van der Waals surface area contributed by atoms with Gasteiger partial charge in [-0.1, -0.05) is 18.2 Å². The van der Waals surface area contributed by atoms with Crippen LogP contribution in [0.15, 0.2) is 48.5 Å². The number of nitrogens with zero attached hydrogens (tertiary/aromatic N) is 1. The highest BCUT2D eigenvalue weighted by atomic mass is 32.2. The predicted molar refractivity (Wildman–Crippen MR) is 105 cm³/mol. The molecular weight excluding hydrogens is 338 g/mol. The minimum atomic E-state index is 0.596. The van der Waals surface area contributed by atoms with Gasteiger partial charge in [-0.05, 0) is 48.1 Å². The number of thiocarbonyl (C=S) groups is 1. The molecule has 2 aromatic carbocycles. The second-order valence-electron chi connectivity index (χ2n) is 4.93. The number of ether oxygens (including phenoxy) is 1. The molecule has 0 aliphatic rings. The minimum absolute atomic E-state index is 0.596. The summed E-state index contributed by atoms with van der Waals surface area (Å²) in [5.74, 6) is 2.54. The molecule has 4 nitrogen and oxygen atoms in total. The van der Waals surface area contributed by atoms with Gasteiger partial charge in [0.25, 0.3) is 0 Å². The molecular formula is C18H19N3OS2. The van der Waals surface area contributed by atoms with E-state index in [1.54, 1.807) is 18.9 Å². The van der Waals surface area contributed by atoms with Crippen molar-refractivity contribution >= 4 is 34.8 Å². The molecule has 0 heterocycles. The fourth-order valence-corrected chi connectivity index (χ4v) is 3.11. The van der Waals surface area contributed by atoms with Crippen molar-refractivity contribution in [1.82, 2.24) is 5.32 Å². The highest BCUT2D eigenvalue weighted by Crippen LogP contribution is 2.16. The topological polar surface area (TPSA) is 57.1 Å². The third kappa shape index (κ3) is 5.76. The van der Waals surface area contributed by atoms with Crippen LogP contribution in [0.5, 0.6) is 5.75 Å². The van der Waals surface area contributed by atoms with Crippen molar-refractivity contribution < 1.29 is 4.74 Å². The van der Waals surface area contributed by atoms with Gasteiger partial charge in [0.2, 0.25) is 0 Å². The van der Waals surface area contributed by atoms with Gasteiger partial charge in [-0.15, -0.1) is 0 Å². The largest absolute Gasteiger partial charge is 0.497 e. The normalized spacial score (nSPS) is 9.83. The molecule has 0 fully saturated rings. The Kier molecular flexibility index (Phi) is 7.40. The summed E-state index contributed by atoms with van der Waals surface area (Å²) in [4.78, 5) is 0. The van der Waals surface area contributed by atoms with Crippen LogP contribution in [0.2, 0.25) is 0 Å². The van der Waals surface area contributed by atoms with Gasteiger partial charge in [0, 0.05) is 23.7 Å². The van der Waals surface area contributed by atoms with E-state index in [1.165, 1.54) is 0 Å². The van der Waals surface area contributed by atoms with E-state index < -0.39 is 0 Å². The standard InChI is InChI=1S/C18H19N3OS2/c1-22-17-8-6-16(7-9-17)21-18(23)20-10-11-24-13-15-5-3-2-4-14(15)12-19/h2-9H,10-11,13H2,1H3,(H2,20,21,23). The highest BCUT2D eigenvalue weighted by molar-refractivity contribution is 7.98. The van der Waals surface area contributed by atoms with Crippen LogP contribution in [0.4, 0.5) is 5.69 Å². The van der Waals surface area contributed by atoms with E-state index in [0.29, 0.717) is 5.11 Å². The van der Waals surface area contributed by atoms with E-state index in [9.17, 15) is 0 Å². The Labute approximate surface area is 152 Å². The molecule has 0 saturated carbocycles. The first kappa shape index (κ1) is 18.1. The second kappa shape index (κ2) is 9.81. The van der Waals surface area contributed by atoms with E-state index >= 15 is 0 Å². The Hall–Kier alpha value is -2.23. The molecule has 0 saturated heterocycles. The maximum Gasteiger partial charge on any atom is 0.170 e. The summed E-state index contributed by atoms with van der Waals surface area (Å²) in [7, 11) is 1.64. The summed E-state index contributed by atoms with van der Waals surface area (Å²) in [6.07, 6.45) is 0. The fourth-order valence-electron chi connectivity index (χ4n) is 2.02. The van der Waals surface area contributed by atoms with Gasteiger partial charge in [-0.3, -0.25) is 0 Å². The molecule has 2 N–H and O–H groups in total. The van der Waals surface area contributed by atoms with Gasteiger partial charge in [0.1, 0.15) is 5.75 Å². The van der Waals surface area contributed by atoms with Crippen LogP contribution in [0.3, 0.4) is 0 Å². The van der Waals surface area contributed by atoms with Gasteiger partial charge >= 0.3 is 0 Å². The Morgan fingerprint density at radius 2 is 1.96 bits per heavy atom. The van der Waals surface area contributed by atoms with Gasteiger partial charge in [-0.2, -0.15) is 17.0 Å². The highest BCUT2D eigenvalue weighted by Gasteiger charge is 2.01. The molecule has 0 atom stereocenters. The molecule has 0 aliphatic heterocycles. The zero-order valence-corrected chi connectivity index (χ0v) is 15.0. The molecule has 0 unspecified atom stereocenters. The molecule has 0 radical (unpaired) electrons. The van der Waals surface area contributed by atoms with Gasteiger partial charge in [0.05, 0.1) is 18.7 Å². The monoisotopic (exact) mass is 357 g/mol. The van der Waals surface area contributed by atoms with E-state index in [0.717, 1.165) is 40.6 Å². The minimum Gasteiger partial charge on any atom is -0.497 e. The summed E-state index contributed by atoms with van der Waals surface area (Å²) in [5.41, 5.74) is 2.74. The average Bonchev–Trinajstić information content (AvgIpc) is 2.62. The zero-order chi connectivity index (χ0) is 17.2. The number of methoxy groups -OCH3 is 1. The number of hydrogen-bond donors (Lipinski definition) is 2. The van der Waals surface area contributed by atoms with Crippen LogP contribution in [-0.4, -0.2) is 24.5 Å². The van der Waals surface area contributed by atoms with Crippen molar-refractivity contribution in [2.45, 2.75) is 5.75 Å². The quantitative estimate of drug-likeness (QED) is 0.581. The first-order valence-electron chi connectivity index (χ1n) is 7.47. The maximum absolute atomic E-state index is 9.06. The number of nitriles is 1. The van der Waals surface area contributed by atoms with Crippen LogP contribution in [0, 0.1) is 11.3 Å². The lowest BCUT2D eigenvalue weighted by atomic mass is 10.1. The zero-order valence-electron chi connectivity index (χ0n) is 13.4. The van der Waals surface area contributed by atoms with E-state index in [-0.39, 0.29) is 0 Å². The third-order valence-corrected chi connectivity index (χ3v) is 4.53. The number of nitrogens with one attached hydrogen (secondary N) is 2. The summed E-state index contributed by atoms with van der Waals surface area (Å²) in [5, 5.41) is 16.0. The van der Waals surface area contributed by atoms with E-state index in [2.05, 4.69) is 16.7 Å². The predicted octanol–water partition coefficient (Wildman–Crippen LogP) is 3.79. The average molecular weight is 358 g/mol. The summed E-state index contributed by atoms with van der Waals surface area (Å²) in [6, 6.07) is 17.5. The Bertz CT molecular complexity index is 711. The van der Waals surface area contributed by atoms with Crippen LogP contribution in [0.1, 0.15) is 11.1 Å². The molecule has 0 amide bonds. The molecule has 24 heavy (non-hydrogen) atoms. The number of rotatable bonds is 7. The first-order chi connectivity index (χ1) is 11.7. The maximum atomic E-state index is 9.06. The van der Waals surface area contributed by atoms with Gasteiger partial charge in [0.15, 0.2) is 5.11 Å². The molecule has 6 heteroatoms. The van der Waals surface area contributed by atoms with Crippen molar-refractivity contribution in [1.29, 1.82) is 5.26 Å². The molecule has 2 aromatic rings. The van der Waals surface area contributed by atoms with Crippen LogP contribution in [0.25, 0.3) is 0 Å². The molecule has 124 valence electrons. The Morgan fingerprint density at radius 3 is 2.67 bits per heavy atom. The number of anilines is 1. The van der Waals surface area contributed by atoms with Crippen molar-refractivity contribution in [3.63, 3.8) is 0 Å². The SMILES string of the molecule is COc1ccc(NC(=S)NCCSCc2ccccc2C#N)cc1.